The molecule has 13 heavy (non-hydrogen) atoms. The zero-order chi connectivity index (χ0) is 9.10. The van der Waals surface area contributed by atoms with Gasteiger partial charge in [-0.3, -0.25) is 0 Å². The molecule has 2 rings (SSSR count). The standard InChI is InChI=1S/C10H13ClOSi/c11-9-5-1-2-6-10(9)13-8-4-3-7-12-13/h1-2,5-6,13H,3-4,7-8H2. The van der Waals surface area contributed by atoms with Crippen LogP contribution in [-0.4, -0.2) is 15.6 Å². The fraction of sp³-hybridized carbons (Fsp3) is 0.400. The van der Waals surface area contributed by atoms with Gasteiger partial charge in [0.15, 0.2) is 0 Å². The topological polar surface area (TPSA) is 9.23 Å². The molecule has 1 aromatic rings. The lowest BCUT2D eigenvalue weighted by molar-refractivity contribution is 0.294. The third-order valence-electron chi connectivity index (χ3n) is 2.43. The summed E-state index contributed by atoms with van der Waals surface area (Å²) in [5, 5.41) is 2.17. The average Bonchev–Trinajstić information content (AvgIpc) is 2.20. The van der Waals surface area contributed by atoms with Gasteiger partial charge in [-0.25, -0.2) is 0 Å². The van der Waals surface area contributed by atoms with Gasteiger partial charge in [0.25, 0.3) is 0 Å². The van der Waals surface area contributed by atoms with E-state index < -0.39 is 9.04 Å². The van der Waals surface area contributed by atoms with Crippen molar-refractivity contribution in [3.63, 3.8) is 0 Å². The maximum absolute atomic E-state index is 6.11. The third kappa shape index (κ3) is 2.13. The van der Waals surface area contributed by atoms with Crippen molar-refractivity contribution in [2.75, 3.05) is 6.61 Å². The van der Waals surface area contributed by atoms with Gasteiger partial charge in [0, 0.05) is 11.6 Å². The molecule has 0 bridgehead atoms. The van der Waals surface area contributed by atoms with Crippen molar-refractivity contribution in [2.24, 2.45) is 0 Å². The first kappa shape index (κ1) is 9.25. The van der Waals surface area contributed by atoms with Crippen LogP contribution in [0.2, 0.25) is 11.1 Å². The number of rotatable bonds is 1. The number of hydrogen-bond donors (Lipinski definition) is 0. The van der Waals surface area contributed by atoms with Gasteiger partial charge >= 0.3 is 0 Å². The minimum absolute atomic E-state index is 0.890. The lowest BCUT2D eigenvalue weighted by Crippen LogP contribution is -2.36. The van der Waals surface area contributed by atoms with Crippen LogP contribution >= 0.6 is 11.6 Å². The second-order valence-electron chi connectivity index (χ2n) is 3.38. The van der Waals surface area contributed by atoms with Crippen molar-refractivity contribution in [1.82, 2.24) is 0 Å². The highest BCUT2D eigenvalue weighted by Gasteiger charge is 2.20. The van der Waals surface area contributed by atoms with E-state index in [4.69, 9.17) is 16.0 Å². The fourth-order valence-corrected chi connectivity index (χ4v) is 4.72. The molecule has 1 aliphatic rings. The predicted molar refractivity (Wildman–Crippen MR) is 58.2 cm³/mol. The van der Waals surface area contributed by atoms with Crippen molar-refractivity contribution in [3.8, 4) is 0 Å². The van der Waals surface area contributed by atoms with Crippen molar-refractivity contribution in [2.45, 2.75) is 18.9 Å². The minimum atomic E-state index is -1.16. The van der Waals surface area contributed by atoms with E-state index in [9.17, 15) is 0 Å². The molecule has 0 aromatic heterocycles. The first-order valence-corrected chi connectivity index (χ1v) is 6.98. The summed E-state index contributed by atoms with van der Waals surface area (Å²) in [7, 11) is -1.16. The number of benzene rings is 1. The molecule has 0 amide bonds. The summed E-state index contributed by atoms with van der Waals surface area (Å²) >= 11 is 6.11. The summed E-state index contributed by atoms with van der Waals surface area (Å²) in [6.07, 6.45) is 2.52. The average molecular weight is 213 g/mol. The highest BCUT2D eigenvalue weighted by molar-refractivity contribution is 6.70. The van der Waals surface area contributed by atoms with Gasteiger partial charge in [-0.1, -0.05) is 36.2 Å². The Morgan fingerprint density at radius 1 is 1.23 bits per heavy atom. The largest absolute Gasteiger partial charge is 0.415 e. The molecule has 1 nitrogen and oxygen atoms in total. The Morgan fingerprint density at radius 2 is 2.08 bits per heavy atom. The summed E-state index contributed by atoms with van der Waals surface area (Å²) in [6, 6.07) is 9.34. The summed E-state index contributed by atoms with van der Waals surface area (Å²) in [5.74, 6) is 0. The second kappa shape index (κ2) is 4.27. The van der Waals surface area contributed by atoms with Crippen molar-refractivity contribution < 1.29 is 4.43 Å². The van der Waals surface area contributed by atoms with Crippen LogP contribution in [0.15, 0.2) is 24.3 Å². The first-order chi connectivity index (χ1) is 6.38. The smallest absolute Gasteiger partial charge is 0.209 e. The Morgan fingerprint density at radius 3 is 2.77 bits per heavy atom. The summed E-state index contributed by atoms with van der Waals surface area (Å²) in [4.78, 5) is 0. The molecule has 3 heteroatoms. The Hall–Kier alpha value is -0.313. The zero-order valence-electron chi connectivity index (χ0n) is 7.50. The van der Waals surface area contributed by atoms with E-state index in [-0.39, 0.29) is 0 Å². The Bertz CT molecular complexity index is 284. The van der Waals surface area contributed by atoms with Crippen molar-refractivity contribution in [1.29, 1.82) is 0 Å². The van der Waals surface area contributed by atoms with E-state index in [1.54, 1.807) is 0 Å². The van der Waals surface area contributed by atoms with E-state index in [2.05, 4.69) is 6.07 Å². The van der Waals surface area contributed by atoms with Gasteiger partial charge in [0.1, 0.15) is 0 Å². The lowest BCUT2D eigenvalue weighted by Gasteiger charge is -2.22. The van der Waals surface area contributed by atoms with Crippen molar-refractivity contribution >= 4 is 25.8 Å². The molecule has 1 atom stereocenters. The molecule has 1 saturated heterocycles. The summed E-state index contributed by atoms with van der Waals surface area (Å²) in [5.41, 5.74) is 0. The molecule has 0 saturated carbocycles. The summed E-state index contributed by atoms with van der Waals surface area (Å²) < 4.78 is 5.80. The third-order valence-corrected chi connectivity index (χ3v) is 5.73. The van der Waals surface area contributed by atoms with E-state index in [1.165, 1.54) is 24.1 Å². The number of halogens is 1. The highest BCUT2D eigenvalue weighted by atomic mass is 35.5. The predicted octanol–water partition coefficient (Wildman–Crippen LogP) is 2.08. The van der Waals surface area contributed by atoms with E-state index in [0.717, 1.165) is 11.6 Å². The van der Waals surface area contributed by atoms with Crippen LogP contribution in [-0.2, 0) is 4.43 Å². The molecule has 1 fully saturated rings. The quantitative estimate of drug-likeness (QED) is 0.648. The minimum Gasteiger partial charge on any atom is -0.415 e. The van der Waals surface area contributed by atoms with Crippen LogP contribution in [0.3, 0.4) is 0 Å². The van der Waals surface area contributed by atoms with E-state index in [0.29, 0.717) is 0 Å². The van der Waals surface area contributed by atoms with Gasteiger partial charge in [0.05, 0.1) is 0 Å². The van der Waals surface area contributed by atoms with Crippen molar-refractivity contribution in [3.05, 3.63) is 29.3 Å². The van der Waals surface area contributed by atoms with Crippen LogP contribution in [0.1, 0.15) is 12.8 Å². The molecule has 1 heterocycles. The summed E-state index contributed by atoms with van der Waals surface area (Å²) in [6.45, 7) is 0.933. The molecule has 0 spiro atoms. The molecule has 0 aliphatic carbocycles. The van der Waals surface area contributed by atoms with Gasteiger partial charge < -0.3 is 4.43 Å². The Labute approximate surface area is 85.4 Å². The van der Waals surface area contributed by atoms with Crippen LogP contribution in [0.5, 0.6) is 0 Å². The molecular formula is C10H13ClOSi. The molecule has 70 valence electrons. The van der Waals surface area contributed by atoms with Crippen LogP contribution in [0.25, 0.3) is 0 Å². The molecule has 1 aliphatic heterocycles. The Balaban J connectivity index is 2.18. The fourth-order valence-electron chi connectivity index (χ4n) is 1.72. The maximum Gasteiger partial charge on any atom is 0.209 e. The van der Waals surface area contributed by atoms with E-state index >= 15 is 0 Å². The first-order valence-electron chi connectivity index (χ1n) is 4.74. The van der Waals surface area contributed by atoms with Crippen LogP contribution < -0.4 is 5.19 Å². The molecule has 0 N–H and O–H groups in total. The molecular weight excluding hydrogens is 200 g/mol. The van der Waals surface area contributed by atoms with Gasteiger partial charge in [-0.2, -0.15) is 0 Å². The monoisotopic (exact) mass is 212 g/mol. The second-order valence-corrected chi connectivity index (χ2v) is 6.29. The normalized spacial score (nSPS) is 23.0. The van der Waals surface area contributed by atoms with Crippen LogP contribution in [0, 0.1) is 0 Å². The highest BCUT2D eigenvalue weighted by Crippen LogP contribution is 2.14. The molecule has 0 radical (unpaired) electrons. The lowest BCUT2D eigenvalue weighted by atomic mass is 10.3. The number of hydrogen-bond acceptors (Lipinski definition) is 1. The van der Waals surface area contributed by atoms with Gasteiger partial charge in [0.2, 0.25) is 9.04 Å². The molecule has 1 unspecified atom stereocenters. The Kier molecular flexibility index (Phi) is 3.04. The van der Waals surface area contributed by atoms with Crippen LogP contribution in [0.4, 0.5) is 0 Å². The maximum atomic E-state index is 6.11. The van der Waals surface area contributed by atoms with Gasteiger partial charge in [-0.15, -0.1) is 0 Å². The SMILES string of the molecule is Clc1ccccc1[SiH]1CCCCO1. The zero-order valence-corrected chi connectivity index (χ0v) is 9.41. The van der Waals surface area contributed by atoms with E-state index in [1.807, 2.05) is 18.2 Å². The molecule has 1 aromatic carbocycles. The van der Waals surface area contributed by atoms with Gasteiger partial charge in [-0.05, 0) is 23.7 Å².